The van der Waals surface area contributed by atoms with Crippen molar-refractivity contribution in [1.82, 2.24) is 0 Å². The van der Waals surface area contributed by atoms with Crippen LogP contribution in [0.1, 0.15) is 49.9 Å². The van der Waals surface area contributed by atoms with E-state index in [1.807, 2.05) is 0 Å². The Labute approximate surface area is 171 Å². The molecule has 0 heterocycles. The van der Waals surface area contributed by atoms with E-state index in [-0.39, 0.29) is 0 Å². The Balaban J connectivity index is 1.80. The van der Waals surface area contributed by atoms with Crippen LogP contribution < -0.4 is 10.1 Å². The number of nitrogens with one attached hydrogen (secondary N) is 1. The molecule has 0 spiro atoms. The van der Waals surface area contributed by atoms with Crippen LogP contribution in [0.15, 0.2) is 48.5 Å². The summed E-state index contributed by atoms with van der Waals surface area (Å²) in [6.45, 7) is 4.35. The Kier molecular flexibility index (Phi) is 8.82. The van der Waals surface area contributed by atoms with Gasteiger partial charge < -0.3 is 14.8 Å². The highest BCUT2D eigenvalue weighted by Crippen LogP contribution is 2.16. The normalized spacial score (nSPS) is 11.5. The van der Waals surface area contributed by atoms with Crippen LogP contribution in [0.25, 0.3) is 0 Å². The third-order valence-corrected chi connectivity index (χ3v) is 4.37. The van der Waals surface area contributed by atoms with Crippen molar-refractivity contribution in [1.29, 1.82) is 0 Å². The van der Waals surface area contributed by atoms with E-state index in [4.69, 9.17) is 21.1 Å². The van der Waals surface area contributed by atoms with E-state index in [9.17, 15) is 9.59 Å². The summed E-state index contributed by atoms with van der Waals surface area (Å²) in [6.07, 6.45) is 3.62. The van der Waals surface area contributed by atoms with Crippen molar-refractivity contribution >= 4 is 29.2 Å². The number of esters is 1. The summed E-state index contributed by atoms with van der Waals surface area (Å²) < 4.78 is 10.9. The van der Waals surface area contributed by atoms with Crippen molar-refractivity contribution in [3.8, 4) is 5.75 Å². The minimum Gasteiger partial charge on any atom is -0.494 e. The lowest BCUT2D eigenvalue weighted by Crippen LogP contribution is -2.29. The molecular formula is C22H26ClNO4. The third kappa shape index (κ3) is 7.24. The molecule has 0 unspecified atom stereocenters. The summed E-state index contributed by atoms with van der Waals surface area (Å²) in [7, 11) is 0. The van der Waals surface area contributed by atoms with Crippen LogP contribution >= 0.6 is 11.6 Å². The smallest absolute Gasteiger partial charge is 0.338 e. The van der Waals surface area contributed by atoms with E-state index in [2.05, 4.69) is 12.2 Å². The number of hydrogen-bond donors (Lipinski definition) is 1. The lowest BCUT2D eigenvalue weighted by molar-refractivity contribution is -0.123. The maximum Gasteiger partial charge on any atom is 0.338 e. The van der Waals surface area contributed by atoms with Gasteiger partial charge in [-0.05, 0) is 61.9 Å². The summed E-state index contributed by atoms with van der Waals surface area (Å²) in [5.74, 6) is -0.266. The molecule has 0 bridgehead atoms. The first-order chi connectivity index (χ1) is 13.5. The minimum absolute atomic E-state index is 0.365. The predicted octanol–water partition coefficient (Wildman–Crippen LogP) is 5.48. The molecule has 150 valence electrons. The number of ether oxygens (including phenoxy) is 2. The van der Waals surface area contributed by atoms with Gasteiger partial charge in [0.05, 0.1) is 12.2 Å². The van der Waals surface area contributed by atoms with Gasteiger partial charge in [0.15, 0.2) is 6.10 Å². The fourth-order valence-corrected chi connectivity index (χ4v) is 2.59. The second-order valence-electron chi connectivity index (χ2n) is 6.48. The Hall–Kier alpha value is -2.53. The van der Waals surface area contributed by atoms with Gasteiger partial charge in [-0.3, -0.25) is 4.79 Å². The fraction of sp³-hybridized carbons (Fsp3) is 0.364. The van der Waals surface area contributed by atoms with Gasteiger partial charge in [-0.1, -0.05) is 37.8 Å². The third-order valence-electron chi connectivity index (χ3n) is 4.12. The summed E-state index contributed by atoms with van der Waals surface area (Å²) in [6, 6.07) is 13.4. The highest BCUT2D eigenvalue weighted by atomic mass is 35.5. The minimum atomic E-state index is -0.933. The number of hydrogen-bond acceptors (Lipinski definition) is 4. The first kappa shape index (κ1) is 21.8. The number of carbonyl (C=O) groups is 2. The first-order valence-electron chi connectivity index (χ1n) is 9.50. The largest absolute Gasteiger partial charge is 0.494 e. The van der Waals surface area contributed by atoms with Gasteiger partial charge in [0.2, 0.25) is 0 Å². The van der Waals surface area contributed by atoms with Gasteiger partial charge in [-0.15, -0.1) is 0 Å². The topological polar surface area (TPSA) is 64.6 Å². The molecular weight excluding hydrogens is 378 g/mol. The molecule has 0 saturated heterocycles. The van der Waals surface area contributed by atoms with Crippen LogP contribution in [-0.4, -0.2) is 24.6 Å². The number of carbonyl (C=O) groups excluding carboxylic acids is 2. The van der Waals surface area contributed by atoms with Gasteiger partial charge >= 0.3 is 5.97 Å². The lowest BCUT2D eigenvalue weighted by Gasteiger charge is -2.14. The summed E-state index contributed by atoms with van der Waals surface area (Å²) in [5.41, 5.74) is 0.946. The van der Waals surface area contributed by atoms with Gasteiger partial charge in [-0.2, -0.15) is 0 Å². The Morgan fingerprint density at radius 3 is 2.32 bits per heavy atom. The average Bonchev–Trinajstić information content (AvgIpc) is 2.70. The van der Waals surface area contributed by atoms with Crippen LogP contribution in [0.5, 0.6) is 5.75 Å². The Morgan fingerprint density at radius 2 is 1.68 bits per heavy atom. The summed E-state index contributed by atoms with van der Waals surface area (Å²) in [5, 5.41) is 3.25. The second kappa shape index (κ2) is 11.3. The van der Waals surface area contributed by atoms with Gasteiger partial charge in [-0.25, -0.2) is 4.79 Å². The second-order valence-corrected chi connectivity index (χ2v) is 6.91. The molecule has 28 heavy (non-hydrogen) atoms. The first-order valence-corrected chi connectivity index (χ1v) is 9.87. The lowest BCUT2D eigenvalue weighted by atomic mass is 10.2. The van der Waals surface area contributed by atoms with Crippen molar-refractivity contribution in [3.63, 3.8) is 0 Å². The quantitative estimate of drug-likeness (QED) is 0.421. The number of benzene rings is 2. The van der Waals surface area contributed by atoms with E-state index in [0.717, 1.165) is 12.8 Å². The molecule has 0 radical (unpaired) electrons. The molecule has 6 heteroatoms. The van der Waals surface area contributed by atoms with Crippen LogP contribution in [0, 0.1) is 0 Å². The molecule has 1 amide bonds. The predicted molar refractivity (Wildman–Crippen MR) is 111 cm³/mol. The van der Waals surface area contributed by atoms with Crippen LogP contribution in [0.4, 0.5) is 5.69 Å². The molecule has 2 aromatic rings. The van der Waals surface area contributed by atoms with Crippen molar-refractivity contribution in [3.05, 3.63) is 59.1 Å². The van der Waals surface area contributed by atoms with Gasteiger partial charge in [0, 0.05) is 10.7 Å². The number of unbranched alkanes of at least 4 members (excludes halogenated alkanes) is 3. The Morgan fingerprint density at radius 1 is 1.00 bits per heavy atom. The number of halogens is 1. The van der Waals surface area contributed by atoms with E-state index in [1.54, 1.807) is 48.5 Å². The summed E-state index contributed by atoms with van der Waals surface area (Å²) >= 11 is 5.82. The average molecular weight is 404 g/mol. The molecule has 2 rings (SSSR count). The summed E-state index contributed by atoms with van der Waals surface area (Å²) in [4.78, 5) is 24.4. The molecule has 0 aliphatic heterocycles. The zero-order chi connectivity index (χ0) is 20.4. The number of rotatable bonds is 10. The molecule has 0 fully saturated rings. The molecule has 0 aromatic heterocycles. The van der Waals surface area contributed by atoms with Crippen molar-refractivity contribution in [2.24, 2.45) is 0 Å². The molecule has 1 atom stereocenters. The number of amides is 1. The van der Waals surface area contributed by atoms with E-state index in [1.165, 1.54) is 19.8 Å². The highest BCUT2D eigenvalue weighted by Gasteiger charge is 2.19. The zero-order valence-corrected chi connectivity index (χ0v) is 17.0. The van der Waals surface area contributed by atoms with E-state index >= 15 is 0 Å². The zero-order valence-electron chi connectivity index (χ0n) is 16.2. The van der Waals surface area contributed by atoms with Crippen molar-refractivity contribution < 1.29 is 19.1 Å². The fourth-order valence-electron chi connectivity index (χ4n) is 2.47. The molecule has 1 N–H and O–H groups in total. The highest BCUT2D eigenvalue weighted by molar-refractivity contribution is 6.30. The van der Waals surface area contributed by atoms with Crippen LogP contribution in [-0.2, 0) is 9.53 Å². The molecule has 2 aromatic carbocycles. The van der Waals surface area contributed by atoms with E-state index < -0.39 is 18.0 Å². The molecule has 0 saturated carbocycles. The van der Waals surface area contributed by atoms with Gasteiger partial charge in [0.25, 0.3) is 5.91 Å². The van der Waals surface area contributed by atoms with Crippen LogP contribution in [0.2, 0.25) is 5.02 Å². The molecule has 0 aliphatic rings. The maximum absolute atomic E-state index is 12.2. The van der Waals surface area contributed by atoms with E-state index in [0.29, 0.717) is 28.6 Å². The monoisotopic (exact) mass is 403 g/mol. The SMILES string of the molecule is CCCCCCOc1ccc(C(=O)O[C@@H](C)C(=O)Nc2ccc(Cl)cc2)cc1. The van der Waals surface area contributed by atoms with Gasteiger partial charge in [0.1, 0.15) is 5.75 Å². The Bertz CT molecular complexity index is 759. The maximum atomic E-state index is 12.2. The van der Waals surface area contributed by atoms with Crippen molar-refractivity contribution in [2.45, 2.75) is 45.6 Å². The van der Waals surface area contributed by atoms with Crippen LogP contribution in [0.3, 0.4) is 0 Å². The molecule has 5 nitrogen and oxygen atoms in total. The number of anilines is 1. The van der Waals surface area contributed by atoms with Crippen molar-refractivity contribution in [2.75, 3.05) is 11.9 Å². The molecule has 0 aliphatic carbocycles. The standard InChI is InChI=1S/C22H26ClNO4/c1-3-4-5-6-15-27-20-13-7-17(8-14-20)22(26)28-16(2)21(25)24-19-11-9-18(23)10-12-19/h7-14,16H,3-6,15H2,1-2H3,(H,24,25)/t16-/m0/s1.